The number of nitrogens with one attached hydrogen (secondary N) is 1. The molecule has 2 heterocycles. The van der Waals surface area contributed by atoms with Crippen molar-refractivity contribution in [2.24, 2.45) is 5.92 Å². The minimum atomic E-state index is -0.529. The van der Waals surface area contributed by atoms with E-state index in [0.717, 1.165) is 32.0 Å². The standard InChI is InChI=1S/C20H24ClN3O4/c21-16-5-4-15(13-17(16)24-11-8-18(26)22-20(24)28)19(27)23-9-6-14(7-10-23)3-1-2-12-25/h4-5,12-14H,1-3,6-11H2,(H,22,26,28). The summed E-state index contributed by atoms with van der Waals surface area (Å²) in [4.78, 5) is 50.0. The Balaban J connectivity index is 1.66. The molecular weight excluding hydrogens is 382 g/mol. The Kier molecular flexibility index (Phi) is 6.67. The minimum Gasteiger partial charge on any atom is -0.339 e. The van der Waals surface area contributed by atoms with Crippen molar-refractivity contribution in [1.29, 1.82) is 0 Å². The Morgan fingerprint density at radius 3 is 2.64 bits per heavy atom. The van der Waals surface area contributed by atoms with E-state index >= 15 is 0 Å². The molecule has 2 aliphatic rings. The average Bonchev–Trinajstić information content (AvgIpc) is 2.69. The molecule has 1 aromatic rings. The van der Waals surface area contributed by atoms with Crippen molar-refractivity contribution >= 4 is 41.4 Å². The molecule has 1 N–H and O–H groups in total. The molecule has 2 fully saturated rings. The van der Waals surface area contributed by atoms with Gasteiger partial charge in [-0.2, -0.15) is 0 Å². The molecule has 0 aliphatic carbocycles. The molecule has 2 saturated heterocycles. The van der Waals surface area contributed by atoms with Crippen LogP contribution in [0.25, 0.3) is 0 Å². The summed E-state index contributed by atoms with van der Waals surface area (Å²) in [5, 5.41) is 2.62. The number of benzene rings is 1. The van der Waals surface area contributed by atoms with Crippen LogP contribution in [0.3, 0.4) is 0 Å². The van der Waals surface area contributed by atoms with Crippen LogP contribution in [0.4, 0.5) is 10.5 Å². The fourth-order valence-electron chi connectivity index (χ4n) is 3.74. The predicted octanol–water partition coefficient (Wildman–Crippen LogP) is 3.01. The zero-order chi connectivity index (χ0) is 20.1. The normalized spacial score (nSPS) is 18.2. The van der Waals surface area contributed by atoms with Gasteiger partial charge in [0.25, 0.3) is 5.91 Å². The Morgan fingerprint density at radius 1 is 1.21 bits per heavy atom. The number of halogens is 1. The first-order chi connectivity index (χ1) is 13.5. The summed E-state index contributed by atoms with van der Waals surface area (Å²) in [6.45, 7) is 1.59. The molecule has 7 nitrogen and oxygen atoms in total. The summed E-state index contributed by atoms with van der Waals surface area (Å²) in [5.41, 5.74) is 0.907. The van der Waals surface area contributed by atoms with Gasteiger partial charge in [-0.15, -0.1) is 0 Å². The second-order valence-corrected chi connectivity index (χ2v) is 7.66. The quantitative estimate of drug-likeness (QED) is 0.582. The third-order valence-electron chi connectivity index (χ3n) is 5.37. The number of hydrogen-bond donors (Lipinski definition) is 1. The number of rotatable bonds is 6. The number of imide groups is 1. The Hall–Kier alpha value is -2.41. The SMILES string of the molecule is O=CCCCC1CCN(C(=O)c2ccc(Cl)c(N3CCC(=O)NC3=O)c2)CC1. The molecule has 28 heavy (non-hydrogen) atoms. The van der Waals surface area contributed by atoms with Gasteiger partial charge in [-0.25, -0.2) is 4.79 Å². The number of piperidine rings is 1. The van der Waals surface area contributed by atoms with Gasteiger partial charge in [0.2, 0.25) is 5.91 Å². The maximum absolute atomic E-state index is 12.9. The van der Waals surface area contributed by atoms with E-state index in [1.807, 2.05) is 4.90 Å². The molecule has 4 amide bonds. The van der Waals surface area contributed by atoms with Crippen molar-refractivity contribution in [2.45, 2.75) is 38.5 Å². The molecule has 0 atom stereocenters. The van der Waals surface area contributed by atoms with Gasteiger partial charge in [0.15, 0.2) is 0 Å². The van der Waals surface area contributed by atoms with Crippen LogP contribution >= 0.6 is 11.6 Å². The number of unbranched alkanes of at least 4 members (excludes halogenated alkanes) is 1. The first kappa shape index (κ1) is 20.3. The predicted molar refractivity (Wildman–Crippen MR) is 105 cm³/mol. The van der Waals surface area contributed by atoms with E-state index in [2.05, 4.69) is 5.32 Å². The van der Waals surface area contributed by atoms with Crippen LogP contribution in [0.5, 0.6) is 0 Å². The van der Waals surface area contributed by atoms with Crippen molar-refractivity contribution in [3.05, 3.63) is 28.8 Å². The van der Waals surface area contributed by atoms with Crippen molar-refractivity contribution in [3.8, 4) is 0 Å². The van der Waals surface area contributed by atoms with Crippen LogP contribution in [0.15, 0.2) is 18.2 Å². The van der Waals surface area contributed by atoms with Crippen LogP contribution in [-0.2, 0) is 9.59 Å². The Bertz CT molecular complexity index is 775. The molecule has 0 aromatic heterocycles. The van der Waals surface area contributed by atoms with Crippen LogP contribution in [0.2, 0.25) is 5.02 Å². The topological polar surface area (TPSA) is 86.8 Å². The maximum atomic E-state index is 12.9. The van der Waals surface area contributed by atoms with Crippen molar-refractivity contribution in [2.75, 3.05) is 24.5 Å². The van der Waals surface area contributed by atoms with Gasteiger partial charge in [-0.3, -0.25) is 19.8 Å². The Morgan fingerprint density at radius 2 is 1.96 bits per heavy atom. The lowest BCUT2D eigenvalue weighted by Crippen LogP contribution is -2.49. The van der Waals surface area contributed by atoms with Crippen molar-refractivity contribution in [1.82, 2.24) is 10.2 Å². The molecule has 8 heteroatoms. The molecule has 0 unspecified atom stereocenters. The van der Waals surface area contributed by atoms with Gasteiger partial charge in [0.05, 0.1) is 10.7 Å². The third-order valence-corrected chi connectivity index (χ3v) is 5.69. The Labute approximate surface area is 169 Å². The highest BCUT2D eigenvalue weighted by Crippen LogP contribution is 2.30. The number of amides is 4. The number of anilines is 1. The van der Waals surface area contributed by atoms with E-state index in [1.54, 1.807) is 18.2 Å². The van der Waals surface area contributed by atoms with Gasteiger partial charge in [-0.1, -0.05) is 11.6 Å². The number of hydrogen-bond acceptors (Lipinski definition) is 4. The highest BCUT2D eigenvalue weighted by atomic mass is 35.5. The van der Waals surface area contributed by atoms with E-state index in [-0.39, 0.29) is 24.8 Å². The minimum absolute atomic E-state index is 0.0854. The first-order valence-corrected chi connectivity index (χ1v) is 10.0. The summed E-state index contributed by atoms with van der Waals surface area (Å²) in [6.07, 6.45) is 5.54. The third kappa shape index (κ3) is 4.70. The van der Waals surface area contributed by atoms with E-state index in [0.29, 0.717) is 41.7 Å². The number of carbonyl (C=O) groups excluding carboxylic acids is 4. The lowest BCUT2D eigenvalue weighted by molar-refractivity contribution is -0.120. The van der Waals surface area contributed by atoms with Gasteiger partial charge in [0.1, 0.15) is 6.29 Å². The molecule has 0 saturated carbocycles. The maximum Gasteiger partial charge on any atom is 0.328 e. The molecular formula is C20H24ClN3O4. The molecule has 2 aliphatic heterocycles. The summed E-state index contributed by atoms with van der Waals surface area (Å²) in [7, 11) is 0. The smallest absolute Gasteiger partial charge is 0.328 e. The zero-order valence-electron chi connectivity index (χ0n) is 15.7. The largest absolute Gasteiger partial charge is 0.339 e. The van der Waals surface area contributed by atoms with Crippen LogP contribution in [-0.4, -0.2) is 48.7 Å². The first-order valence-electron chi connectivity index (χ1n) is 9.63. The van der Waals surface area contributed by atoms with Gasteiger partial charge in [0, 0.05) is 38.0 Å². The van der Waals surface area contributed by atoms with Crippen molar-refractivity contribution in [3.63, 3.8) is 0 Å². The lowest BCUT2D eigenvalue weighted by atomic mass is 9.91. The number of carbonyl (C=O) groups is 4. The second-order valence-electron chi connectivity index (χ2n) is 7.25. The molecule has 1 aromatic carbocycles. The average molecular weight is 406 g/mol. The fourth-order valence-corrected chi connectivity index (χ4v) is 3.96. The van der Waals surface area contributed by atoms with E-state index < -0.39 is 6.03 Å². The van der Waals surface area contributed by atoms with Gasteiger partial charge < -0.3 is 9.69 Å². The summed E-state index contributed by atoms with van der Waals surface area (Å²) < 4.78 is 0. The number of nitrogens with zero attached hydrogens (tertiary/aromatic N) is 2. The number of urea groups is 1. The summed E-state index contributed by atoms with van der Waals surface area (Å²) in [5.74, 6) is 0.151. The number of likely N-dealkylation sites (tertiary alicyclic amines) is 1. The van der Waals surface area contributed by atoms with Crippen LogP contribution in [0, 0.1) is 5.92 Å². The van der Waals surface area contributed by atoms with Gasteiger partial charge in [-0.05, 0) is 49.8 Å². The molecule has 0 bridgehead atoms. The van der Waals surface area contributed by atoms with E-state index in [1.165, 1.54) is 4.90 Å². The second kappa shape index (κ2) is 9.19. The molecule has 3 rings (SSSR count). The molecule has 0 spiro atoms. The summed E-state index contributed by atoms with van der Waals surface area (Å²) >= 11 is 6.24. The molecule has 150 valence electrons. The van der Waals surface area contributed by atoms with E-state index in [4.69, 9.17) is 11.6 Å². The zero-order valence-corrected chi connectivity index (χ0v) is 16.4. The lowest BCUT2D eigenvalue weighted by Gasteiger charge is -2.32. The van der Waals surface area contributed by atoms with Gasteiger partial charge >= 0.3 is 6.03 Å². The highest BCUT2D eigenvalue weighted by molar-refractivity contribution is 6.34. The monoisotopic (exact) mass is 405 g/mol. The van der Waals surface area contributed by atoms with E-state index in [9.17, 15) is 19.2 Å². The van der Waals surface area contributed by atoms with Crippen LogP contribution < -0.4 is 10.2 Å². The van der Waals surface area contributed by atoms with Crippen molar-refractivity contribution < 1.29 is 19.2 Å². The highest BCUT2D eigenvalue weighted by Gasteiger charge is 2.28. The molecule has 0 radical (unpaired) electrons. The summed E-state index contributed by atoms with van der Waals surface area (Å²) in [6, 6.07) is 4.37. The van der Waals surface area contributed by atoms with Crippen LogP contribution in [0.1, 0.15) is 48.9 Å². The number of aldehydes is 1. The fraction of sp³-hybridized carbons (Fsp3) is 0.500.